The molecule has 1 aromatic heterocycles. The van der Waals surface area contributed by atoms with Crippen molar-refractivity contribution in [3.63, 3.8) is 0 Å². The van der Waals surface area contributed by atoms with Crippen molar-refractivity contribution in [2.75, 3.05) is 39.3 Å². The van der Waals surface area contributed by atoms with Crippen LogP contribution in [0.5, 0.6) is 0 Å². The van der Waals surface area contributed by atoms with Crippen LogP contribution in [0.4, 0.5) is 0 Å². The third-order valence-electron chi connectivity index (χ3n) is 4.63. The molecule has 0 aromatic carbocycles. The van der Waals surface area contributed by atoms with E-state index in [2.05, 4.69) is 26.7 Å². The Bertz CT molecular complexity index is 475. The highest BCUT2D eigenvalue weighted by Gasteiger charge is 2.18. The van der Waals surface area contributed by atoms with Crippen molar-refractivity contribution in [3.05, 3.63) is 18.0 Å². The maximum Gasteiger partial charge on any atom is 0.241 e. The van der Waals surface area contributed by atoms with Gasteiger partial charge in [-0.25, -0.2) is 0 Å². The summed E-state index contributed by atoms with van der Waals surface area (Å²) in [6.07, 6.45) is 6.89. The first-order chi connectivity index (χ1) is 10.8. The van der Waals surface area contributed by atoms with Crippen molar-refractivity contribution < 1.29 is 4.79 Å². The van der Waals surface area contributed by atoms with Crippen molar-refractivity contribution in [3.8, 4) is 0 Å². The second-order valence-corrected chi connectivity index (χ2v) is 6.38. The van der Waals surface area contributed by atoms with Crippen molar-refractivity contribution in [1.82, 2.24) is 25.3 Å². The van der Waals surface area contributed by atoms with Gasteiger partial charge in [0.1, 0.15) is 6.54 Å². The molecule has 2 aliphatic heterocycles. The molecule has 2 N–H and O–H groups in total. The normalized spacial score (nSPS) is 22.8. The third kappa shape index (κ3) is 4.30. The minimum atomic E-state index is 0.0515. The van der Waals surface area contributed by atoms with Crippen LogP contribution < -0.4 is 10.6 Å². The highest BCUT2D eigenvalue weighted by molar-refractivity contribution is 5.75. The Morgan fingerprint density at radius 3 is 3.00 bits per heavy atom. The summed E-state index contributed by atoms with van der Waals surface area (Å²) >= 11 is 0. The minimum Gasteiger partial charge on any atom is -0.353 e. The molecular weight excluding hydrogens is 278 g/mol. The van der Waals surface area contributed by atoms with Gasteiger partial charge in [-0.1, -0.05) is 0 Å². The molecule has 0 radical (unpaired) electrons. The molecule has 1 atom stereocenters. The summed E-state index contributed by atoms with van der Waals surface area (Å²) in [5.74, 6) is 0.545. The molecule has 0 spiro atoms. The molecule has 1 aromatic rings. The van der Waals surface area contributed by atoms with E-state index in [9.17, 15) is 4.79 Å². The van der Waals surface area contributed by atoms with E-state index in [1.54, 1.807) is 4.68 Å². The van der Waals surface area contributed by atoms with Gasteiger partial charge in [0, 0.05) is 31.7 Å². The van der Waals surface area contributed by atoms with Gasteiger partial charge < -0.3 is 15.5 Å². The molecule has 6 heteroatoms. The number of nitrogens with one attached hydrogen (secondary N) is 2. The fraction of sp³-hybridized carbons (Fsp3) is 0.750. The number of carbonyl (C=O) groups is 1. The predicted octanol–water partition coefficient (Wildman–Crippen LogP) is 0.562. The van der Waals surface area contributed by atoms with Crippen LogP contribution in [0.25, 0.3) is 0 Å². The fourth-order valence-electron chi connectivity index (χ4n) is 3.35. The number of amides is 1. The molecule has 122 valence electrons. The average Bonchev–Trinajstić information content (AvgIpc) is 3.20. The van der Waals surface area contributed by atoms with Gasteiger partial charge in [-0.05, 0) is 51.4 Å². The largest absolute Gasteiger partial charge is 0.353 e. The van der Waals surface area contributed by atoms with Crippen LogP contribution in [0, 0.1) is 0 Å². The van der Waals surface area contributed by atoms with E-state index < -0.39 is 0 Å². The quantitative estimate of drug-likeness (QED) is 0.806. The Labute approximate surface area is 132 Å². The molecule has 3 rings (SSSR count). The Morgan fingerprint density at radius 1 is 1.36 bits per heavy atom. The first kappa shape index (κ1) is 15.5. The van der Waals surface area contributed by atoms with Crippen molar-refractivity contribution in [1.29, 1.82) is 0 Å². The van der Waals surface area contributed by atoms with Gasteiger partial charge in [0.05, 0.1) is 5.69 Å². The maximum absolute atomic E-state index is 12.0. The van der Waals surface area contributed by atoms with Crippen LogP contribution in [0.15, 0.2) is 12.3 Å². The Hall–Kier alpha value is -1.40. The molecule has 1 amide bonds. The van der Waals surface area contributed by atoms with Crippen LogP contribution in [0.1, 0.15) is 37.3 Å². The van der Waals surface area contributed by atoms with Gasteiger partial charge >= 0.3 is 0 Å². The zero-order valence-electron chi connectivity index (χ0n) is 13.3. The van der Waals surface area contributed by atoms with Crippen molar-refractivity contribution in [2.45, 2.75) is 38.1 Å². The Morgan fingerprint density at radius 2 is 2.23 bits per heavy atom. The zero-order valence-corrected chi connectivity index (χ0v) is 13.3. The number of likely N-dealkylation sites (tertiary alicyclic amines) is 1. The van der Waals surface area contributed by atoms with Gasteiger partial charge in [0.15, 0.2) is 0 Å². The smallest absolute Gasteiger partial charge is 0.241 e. The monoisotopic (exact) mass is 305 g/mol. The number of hydrogen-bond donors (Lipinski definition) is 2. The van der Waals surface area contributed by atoms with E-state index in [1.807, 2.05) is 6.20 Å². The lowest BCUT2D eigenvalue weighted by Gasteiger charge is -2.20. The zero-order chi connectivity index (χ0) is 15.2. The van der Waals surface area contributed by atoms with Crippen LogP contribution in [-0.4, -0.2) is 59.9 Å². The number of aromatic nitrogens is 2. The van der Waals surface area contributed by atoms with E-state index in [0.29, 0.717) is 12.5 Å². The highest BCUT2D eigenvalue weighted by atomic mass is 16.2. The lowest BCUT2D eigenvalue weighted by atomic mass is 9.97. The molecule has 1 unspecified atom stereocenters. The maximum atomic E-state index is 12.0. The molecule has 2 saturated heterocycles. The minimum absolute atomic E-state index is 0.0515. The SMILES string of the molecule is O=C(Cn1ccc(C2CCCNC2)n1)NCCN1CCCC1. The van der Waals surface area contributed by atoms with Crippen LogP contribution in [-0.2, 0) is 11.3 Å². The van der Waals surface area contributed by atoms with E-state index in [4.69, 9.17) is 0 Å². The van der Waals surface area contributed by atoms with Gasteiger partial charge in [-0.3, -0.25) is 9.48 Å². The van der Waals surface area contributed by atoms with Crippen molar-refractivity contribution in [2.24, 2.45) is 0 Å². The molecule has 2 aliphatic rings. The van der Waals surface area contributed by atoms with Crippen LogP contribution >= 0.6 is 0 Å². The predicted molar refractivity (Wildman–Crippen MR) is 85.8 cm³/mol. The van der Waals surface area contributed by atoms with E-state index in [0.717, 1.165) is 31.9 Å². The van der Waals surface area contributed by atoms with Gasteiger partial charge in [0.25, 0.3) is 0 Å². The summed E-state index contributed by atoms with van der Waals surface area (Å²) in [7, 11) is 0. The number of carbonyl (C=O) groups excluding carboxylic acids is 1. The summed E-state index contributed by atoms with van der Waals surface area (Å²) in [4.78, 5) is 14.4. The molecule has 0 aliphatic carbocycles. The number of rotatable bonds is 6. The summed E-state index contributed by atoms with van der Waals surface area (Å²) in [5.41, 5.74) is 1.11. The molecule has 2 fully saturated rings. The Balaban J connectivity index is 1.40. The second-order valence-electron chi connectivity index (χ2n) is 6.38. The van der Waals surface area contributed by atoms with Gasteiger partial charge in [0.2, 0.25) is 5.91 Å². The lowest BCUT2D eigenvalue weighted by molar-refractivity contribution is -0.121. The summed E-state index contributed by atoms with van der Waals surface area (Å²) in [6, 6.07) is 2.05. The topological polar surface area (TPSA) is 62.2 Å². The standard InChI is InChI=1S/C16H27N5O/c22-16(18-7-11-20-8-1-2-9-20)13-21-10-5-15(19-21)14-4-3-6-17-12-14/h5,10,14,17H,1-4,6-9,11-13H2,(H,18,22). The third-order valence-corrected chi connectivity index (χ3v) is 4.63. The molecule has 3 heterocycles. The lowest BCUT2D eigenvalue weighted by Crippen LogP contribution is -2.35. The van der Waals surface area contributed by atoms with Gasteiger partial charge in [-0.15, -0.1) is 0 Å². The average molecular weight is 305 g/mol. The first-order valence-electron chi connectivity index (χ1n) is 8.54. The molecule has 22 heavy (non-hydrogen) atoms. The summed E-state index contributed by atoms with van der Waals surface area (Å²) in [5, 5.41) is 11.0. The first-order valence-corrected chi connectivity index (χ1v) is 8.54. The fourth-order valence-corrected chi connectivity index (χ4v) is 3.35. The Kier molecular flexibility index (Phi) is 5.45. The summed E-state index contributed by atoms with van der Waals surface area (Å²) < 4.78 is 1.76. The molecule has 6 nitrogen and oxygen atoms in total. The number of piperidine rings is 1. The van der Waals surface area contributed by atoms with Crippen LogP contribution in [0.3, 0.4) is 0 Å². The van der Waals surface area contributed by atoms with Crippen LogP contribution in [0.2, 0.25) is 0 Å². The molecule has 0 saturated carbocycles. The number of hydrogen-bond acceptors (Lipinski definition) is 4. The van der Waals surface area contributed by atoms with E-state index in [-0.39, 0.29) is 5.91 Å². The molecular formula is C16H27N5O. The highest BCUT2D eigenvalue weighted by Crippen LogP contribution is 2.21. The van der Waals surface area contributed by atoms with E-state index >= 15 is 0 Å². The van der Waals surface area contributed by atoms with Crippen molar-refractivity contribution >= 4 is 5.91 Å². The van der Waals surface area contributed by atoms with E-state index in [1.165, 1.54) is 38.8 Å². The number of nitrogens with zero attached hydrogens (tertiary/aromatic N) is 3. The van der Waals surface area contributed by atoms with Gasteiger partial charge in [-0.2, -0.15) is 5.10 Å². The summed E-state index contributed by atoms with van der Waals surface area (Å²) in [6.45, 7) is 6.47. The second kappa shape index (κ2) is 7.74. The molecule has 0 bridgehead atoms.